The van der Waals surface area contributed by atoms with E-state index in [1.54, 1.807) is 22.6 Å². The molecule has 0 atom stereocenters. The molecule has 7 heteroatoms. The third-order valence-electron chi connectivity index (χ3n) is 1.40. The molecule has 0 aliphatic heterocycles. The third-order valence-corrected chi connectivity index (χ3v) is 2.41. The monoisotopic (exact) mass is 335 g/mol. The standard InChI is InChI=1S/C7H2ClF3INO/c8-6(14)3-2(12)1-13-5(4(3)9)7(10)11/h1,7H. The van der Waals surface area contributed by atoms with Crippen molar-refractivity contribution in [1.29, 1.82) is 0 Å². The molecule has 14 heavy (non-hydrogen) atoms. The molecule has 2 nitrogen and oxygen atoms in total. The number of alkyl halides is 2. The molecule has 0 saturated carbocycles. The molecule has 0 saturated heterocycles. The normalized spacial score (nSPS) is 10.7. The SMILES string of the molecule is O=C(Cl)c1c(I)cnc(C(F)F)c1F. The molecule has 1 aromatic heterocycles. The van der Waals surface area contributed by atoms with Gasteiger partial charge in [0.25, 0.3) is 11.7 Å². The van der Waals surface area contributed by atoms with Crippen LogP contribution >= 0.6 is 34.2 Å². The summed E-state index contributed by atoms with van der Waals surface area (Å²) in [7, 11) is 0. The summed E-state index contributed by atoms with van der Waals surface area (Å²) < 4.78 is 37.6. The first kappa shape index (κ1) is 11.7. The minimum absolute atomic E-state index is 0.101. The van der Waals surface area contributed by atoms with Crippen molar-refractivity contribution < 1.29 is 18.0 Å². The highest BCUT2D eigenvalue weighted by Crippen LogP contribution is 2.25. The Morgan fingerprint density at radius 2 is 2.14 bits per heavy atom. The number of carbonyl (C=O) groups excluding carboxylic acids is 1. The van der Waals surface area contributed by atoms with Gasteiger partial charge in [-0.05, 0) is 34.2 Å². The summed E-state index contributed by atoms with van der Waals surface area (Å²) in [5, 5.41) is -1.11. The van der Waals surface area contributed by atoms with Gasteiger partial charge < -0.3 is 0 Å². The van der Waals surface area contributed by atoms with Gasteiger partial charge in [0.2, 0.25) is 0 Å². The number of hydrogen-bond donors (Lipinski definition) is 0. The lowest BCUT2D eigenvalue weighted by molar-refractivity contribution is 0.107. The Balaban J connectivity index is 3.41. The number of pyridine rings is 1. The van der Waals surface area contributed by atoms with Gasteiger partial charge in [0.05, 0.1) is 5.56 Å². The van der Waals surface area contributed by atoms with Gasteiger partial charge in [0.1, 0.15) is 5.69 Å². The van der Waals surface area contributed by atoms with E-state index in [9.17, 15) is 18.0 Å². The lowest BCUT2D eigenvalue weighted by Crippen LogP contribution is -2.05. The quantitative estimate of drug-likeness (QED) is 0.614. The van der Waals surface area contributed by atoms with Crippen LogP contribution in [0.5, 0.6) is 0 Å². The van der Waals surface area contributed by atoms with Crippen molar-refractivity contribution in [2.45, 2.75) is 6.43 Å². The third kappa shape index (κ3) is 2.17. The van der Waals surface area contributed by atoms with Crippen LogP contribution < -0.4 is 0 Å². The van der Waals surface area contributed by atoms with Crippen molar-refractivity contribution in [3.05, 3.63) is 26.8 Å². The van der Waals surface area contributed by atoms with Crippen LogP contribution in [-0.2, 0) is 0 Å². The second kappa shape index (κ2) is 4.43. The van der Waals surface area contributed by atoms with E-state index in [-0.39, 0.29) is 3.57 Å². The maximum Gasteiger partial charge on any atom is 0.283 e. The molecule has 0 spiro atoms. The van der Waals surface area contributed by atoms with E-state index in [1.807, 2.05) is 0 Å². The van der Waals surface area contributed by atoms with Gasteiger partial charge in [-0.3, -0.25) is 9.78 Å². The summed E-state index contributed by atoms with van der Waals surface area (Å²) in [5.41, 5.74) is -1.62. The molecule has 0 aliphatic rings. The molecule has 0 N–H and O–H groups in total. The van der Waals surface area contributed by atoms with Crippen LogP contribution in [0.15, 0.2) is 6.20 Å². The predicted octanol–water partition coefficient (Wildman–Crippen LogP) is 3.14. The fourth-order valence-electron chi connectivity index (χ4n) is 0.813. The zero-order chi connectivity index (χ0) is 10.9. The Labute approximate surface area is 95.6 Å². The number of hydrogen-bond acceptors (Lipinski definition) is 2. The number of halogens is 5. The Morgan fingerprint density at radius 1 is 1.57 bits per heavy atom. The number of carbonyl (C=O) groups is 1. The molecular weight excluding hydrogens is 333 g/mol. The van der Waals surface area contributed by atoms with Gasteiger partial charge in [-0.2, -0.15) is 0 Å². The van der Waals surface area contributed by atoms with E-state index >= 15 is 0 Å². The van der Waals surface area contributed by atoms with Gasteiger partial charge in [0.15, 0.2) is 5.82 Å². The first-order chi connectivity index (χ1) is 6.45. The number of aromatic nitrogens is 1. The molecular formula is C7H2ClF3INO. The minimum Gasteiger partial charge on any atom is -0.275 e. The molecule has 76 valence electrons. The van der Waals surface area contributed by atoms with E-state index in [4.69, 9.17) is 11.6 Å². The topological polar surface area (TPSA) is 30.0 Å². The highest BCUT2D eigenvalue weighted by atomic mass is 127. The van der Waals surface area contributed by atoms with E-state index < -0.39 is 28.7 Å². The fraction of sp³-hybridized carbons (Fsp3) is 0.143. The van der Waals surface area contributed by atoms with Gasteiger partial charge in [-0.1, -0.05) is 0 Å². The molecule has 1 rings (SSSR count). The molecule has 0 aliphatic carbocycles. The predicted molar refractivity (Wildman–Crippen MR) is 52.1 cm³/mol. The zero-order valence-corrected chi connectivity index (χ0v) is 9.31. The fourth-order valence-corrected chi connectivity index (χ4v) is 1.78. The first-order valence-electron chi connectivity index (χ1n) is 3.27. The Bertz CT molecular complexity index is 385. The molecule has 1 heterocycles. The second-order valence-corrected chi connectivity index (χ2v) is 3.76. The van der Waals surface area contributed by atoms with E-state index in [2.05, 4.69) is 4.98 Å². The smallest absolute Gasteiger partial charge is 0.275 e. The summed E-state index contributed by atoms with van der Waals surface area (Å²) >= 11 is 6.62. The van der Waals surface area contributed by atoms with Crippen molar-refractivity contribution in [3.8, 4) is 0 Å². The van der Waals surface area contributed by atoms with Crippen LogP contribution in [-0.4, -0.2) is 10.2 Å². The summed E-state index contributed by atoms with van der Waals surface area (Å²) in [4.78, 5) is 13.9. The van der Waals surface area contributed by atoms with Crippen molar-refractivity contribution in [1.82, 2.24) is 4.98 Å². The van der Waals surface area contributed by atoms with Crippen molar-refractivity contribution in [3.63, 3.8) is 0 Å². The van der Waals surface area contributed by atoms with E-state index in [0.717, 1.165) is 6.20 Å². The second-order valence-electron chi connectivity index (χ2n) is 2.25. The molecule has 0 unspecified atom stereocenters. The summed E-state index contributed by atoms with van der Waals surface area (Å²) in [6.07, 6.45) is -2.09. The molecule has 1 aromatic rings. The largest absolute Gasteiger partial charge is 0.283 e. The minimum atomic E-state index is -3.07. The molecule has 0 bridgehead atoms. The van der Waals surface area contributed by atoms with Crippen LogP contribution in [0.2, 0.25) is 0 Å². The highest BCUT2D eigenvalue weighted by molar-refractivity contribution is 14.1. The average molecular weight is 335 g/mol. The highest BCUT2D eigenvalue weighted by Gasteiger charge is 2.23. The summed E-state index contributed by atoms with van der Waals surface area (Å²) in [5.74, 6) is -1.35. The average Bonchev–Trinajstić information content (AvgIpc) is 2.02. The number of rotatable bonds is 2. The Kier molecular flexibility index (Phi) is 3.71. The van der Waals surface area contributed by atoms with Crippen LogP contribution in [0.3, 0.4) is 0 Å². The first-order valence-corrected chi connectivity index (χ1v) is 4.72. The van der Waals surface area contributed by atoms with Crippen molar-refractivity contribution in [2.75, 3.05) is 0 Å². The van der Waals surface area contributed by atoms with Gasteiger partial charge in [-0.15, -0.1) is 0 Å². The van der Waals surface area contributed by atoms with Gasteiger partial charge >= 0.3 is 0 Å². The van der Waals surface area contributed by atoms with Crippen LogP contribution in [0.25, 0.3) is 0 Å². The summed E-state index contributed by atoms with van der Waals surface area (Å²) in [6, 6.07) is 0. The van der Waals surface area contributed by atoms with Crippen molar-refractivity contribution in [2.24, 2.45) is 0 Å². The molecule has 0 fully saturated rings. The lowest BCUT2D eigenvalue weighted by Gasteiger charge is -2.05. The van der Waals surface area contributed by atoms with Gasteiger partial charge in [-0.25, -0.2) is 13.2 Å². The van der Waals surface area contributed by atoms with Gasteiger partial charge in [0, 0.05) is 9.77 Å². The molecule has 0 amide bonds. The maximum atomic E-state index is 13.2. The number of nitrogens with zero attached hydrogens (tertiary/aromatic N) is 1. The van der Waals surface area contributed by atoms with Crippen molar-refractivity contribution >= 4 is 39.4 Å². The zero-order valence-electron chi connectivity index (χ0n) is 6.40. The van der Waals surface area contributed by atoms with E-state index in [1.165, 1.54) is 0 Å². The Hall–Kier alpha value is -0.370. The molecule has 0 aromatic carbocycles. The molecule has 0 radical (unpaired) electrons. The lowest BCUT2D eigenvalue weighted by atomic mass is 10.2. The van der Waals surface area contributed by atoms with Crippen LogP contribution in [0.1, 0.15) is 22.5 Å². The van der Waals surface area contributed by atoms with Crippen LogP contribution in [0.4, 0.5) is 13.2 Å². The maximum absolute atomic E-state index is 13.2. The Morgan fingerprint density at radius 3 is 2.57 bits per heavy atom. The summed E-state index contributed by atoms with van der Waals surface area (Å²) in [6.45, 7) is 0. The van der Waals surface area contributed by atoms with Crippen LogP contribution in [0, 0.1) is 9.39 Å². The van der Waals surface area contributed by atoms with E-state index in [0.29, 0.717) is 0 Å².